The van der Waals surface area contributed by atoms with Gasteiger partial charge in [0.2, 0.25) is 0 Å². The molecule has 11 heavy (non-hydrogen) atoms. The molecule has 0 aliphatic carbocycles. The average Bonchev–Trinajstić information content (AvgIpc) is 1.96. The molecule has 0 unspecified atom stereocenters. The number of carbonyl (C=O) groups is 1. The molecule has 66 valence electrons. The molecule has 0 heterocycles. The second-order valence-corrected chi connectivity index (χ2v) is 2.10. The lowest BCUT2D eigenvalue weighted by atomic mass is 10.4. The Labute approximate surface area is 66.1 Å². The smallest absolute Gasteiger partial charge is 0.305 e. The minimum atomic E-state index is -0.822. The van der Waals surface area contributed by atoms with Gasteiger partial charge in [0, 0.05) is 20.3 Å². The molecule has 0 aromatic heterocycles. The molecule has 0 radical (unpaired) electrons. The lowest BCUT2D eigenvalue weighted by Gasteiger charge is -2.00. The van der Waals surface area contributed by atoms with Gasteiger partial charge in [0.15, 0.2) is 0 Å². The normalized spacial score (nSPS) is 9.91. The Hall–Kier alpha value is -0.610. The fourth-order valence-electron chi connectivity index (χ4n) is 0.567. The largest absolute Gasteiger partial charge is 0.481 e. The predicted octanol–water partition coefficient (Wildman–Crippen LogP) is 0.514. The average molecular weight is 162 g/mol. The number of carboxylic acids is 1. The van der Waals surface area contributed by atoms with Crippen molar-refractivity contribution >= 4 is 5.97 Å². The van der Waals surface area contributed by atoms with E-state index in [2.05, 4.69) is 0 Å². The molecular formula is C7H14O4. The predicted molar refractivity (Wildman–Crippen MR) is 39.6 cm³/mol. The van der Waals surface area contributed by atoms with Crippen molar-refractivity contribution < 1.29 is 19.4 Å². The van der Waals surface area contributed by atoms with Gasteiger partial charge in [-0.05, 0) is 6.42 Å². The summed E-state index contributed by atoms with van der Waals surface area (Å²) in [6.45, 7) is 1.52. The van der Waals surface area contributed by atoms with E-state index in [0.29, 0.717) is 19.8 Å². The highest BCUT2D eigenvalue weighted by molar-refractivity contribution is 5.66. The summed E-state index contributed by atoms with van der Waals surface area (Å²) in [6.07, 6.45) is 0.892. The van der Waals surface area contributed by atoms with Crippen LogP contribution in [0.15, 0.2) is 0 Å². The highest BCUT2D eigenvalue weighted by Crippen LogP contribution is 1.86. The van der Waals surface area contributed by atoms with Crippen LogP contribution in [0.25, 0.3) is 0 Å². The van der Waals surface area contributed by atoms with Crippen LogP contribution in [0.3, 0.4) is 0 Å². The summed E-state index contributed by atoms with van der Waals surface area (Å²) in [5.41, 5.74) is 0. The van der Waals surface area contributed by atoms with Crippen molar-refractivity contribution in [2.24, 2.45) is 0 Å². The highest BCUT2D eigenvalue weighted by Gasteiger charge is 1.95. The first-order chi connectivity index (χ1) is 5.27. The molecule has 0 amide bonds. The van der Waals surface area contributed by atoms with Crippen molar-refractivity contribution in [2.45, 2.75) is 12.8 Å². The molecule has 4 heteroatoms. The summed E-state index contributed by atoms with van der Waals surface area (Å²) in [5.74, 6) is -0.822. The zero-order valence-corrected chi connectivity index (χ0v) is 6.71. The Morgan fingerprint density at radius 1 is 1.36 bits per heavy atom. The standard InChI is InChI=1S/C7H14O4/c1-10-4-2-5-11-6-3-7(8)9/h2-6H2,1H3,(H,8,9). The number of rotatable bonds is 7. The second-order valence-electron chi connectivity index (χ2n) is 2.10. The zero-order chi connectivity index (χ0) is 8.53. The molecule has 0 aromatic rings. The van der Waals surface area contributed by atoms with Gasteiger partial charge in [-0.1, -0.05) is 0 Å². The third kappa shape index (κ3) is 9.39. The van der Waals surface area contributed by atoms with Gasteiger partial charge in [0.1, 0.15) is 0 Å². The van der Waals surface area contributed by atoms with Crippen molar-refractivity contribution in [3.63, 3.8) is 0 Å². The van der Waals surface area contributed by atoms with Crippen LogP contribution in [0.4, 0.5) is 0 Å². The second kappa shape index (κ2) is 7.50. The molecule has 0 aromatic carbocycles. The summed E-state index contributed by atoms with van der Waals surface area (Å²) < 4.78 is 9.76. The molecule has 0 bridgehead atoms. The molecule has 0 fully saturated rings. The zero-order valence-electron chi connectivity index (χ0n) is 6.71. The van der Waals surface area contributed by atoms with E-state index in [1.807, 2.05) is 0 Å². The van der Waals surface area contributed by atoms with Crippen molar-refractivity contribution in [3.05, 3.63) is 0 Å². The molecule has 0 saturated carbocycles. The van der Waals surface area contributed by atoms with Gasteiger partial charge >= 0.3 is 5.97 Å². The third-order valence-corrected chi connectivity index (χ3v) is 1.10. The summed E-state index contributed by atoms with van der Waals surface area (Å²) in [7, 11) is 1.62. The molecule has 0 aliphatic heterocycles. The topological polar surface area (TPSA) is 55.8 Å². The van der Waals surface area contributed by atoms with Crippen molar-refractivity contribution in [1.29, 1.82) is 0 Å². The first-order valence-electron chi connectivity index (χ1n) is 3.56. The molecule has 1 N–H and O–H groups in total. The van der Waals surface area contributed by atoms with Gasteiger partial charge in [0.25, 0.3) is 0 Å². The fourth-order valence-corrected chi connectivity index (χ4v) is 0.567. The van der Waals surface area contributed by atoms with E-state index in [-0.39, 0.29) is 6.42 Å². The monoisotopic (exact) mass is 162 g/mol. The fraction of sp³-hybridized carbons (Fsp3) is 0.857. The molecule has 0 atom stereocenters. The lowest BCUT2D eigenvalue weighted by molar-refractivity contribution is -0.138. The van der Waals surface area contributed by atoms with Crippen LogP contribution < -0.4 is 0 Å². The molecule has 4 nitrogen and oxygen atoms in total. The lowest BCUT2D eigenvalue weighted by Crippen LogP contribution is -2.04. The van der Waals surface area contributed by atoms with Gasteiger partial charge in [-0.15, -0.1) is 0 Å². The number of carboxylic acid groups (broad SMARTS) is 1. The van der Waals surface area contributed by atoms with Crippen LogP contribution in [0.2, 0.25) is 0 Å². The molecule has 0 spiro atoms. The van der Waals surface area contributed by atoms with E-state index in [0.717, 1.165) is 6.42 Å². The highest BCUT2D eigenvalue weighted by atomic mass is 16.5. The van der Waals surface area contributed by atoms with E-state index in [9.17, 15) is 4.79 Å². The van der Waals surface area contributed by atoms with Gasteiger partial charge in [-0.3, -0.25) is 4.79 Å². The Balaban J connectivity index is 2.85. The number of ether oxygens (including phenoxy) is 2. The van der Waals surface area contributed by atoms with Crippen LogP contribution in [0, 0.1) is 0 Å². The molecule has 0 aliphatic rings. The Kier molecular flexibility index (Phi) is 7.08. The summed E-state index contributed by atoms with van der Waals surface area (Å²) in [5, 5.41) is 8.21. The Bertz CT molecular complexity index is 103. The number of hydrogen-bond donors (Lipinski definition) is 1. The van der Waals surface area contributed by atoms with Gasteiger partial charge < -0.3 is 14.6 Å². The third-order valence-electron chi connectivity index (χ3n) is 1.10. The summed E-state index contributed by atoms with van der Waals surface area (Å²) >= 11 is 0. The first kappa shape index (κ1) is 10.4. The van der Waals surface area contributed by atoms with Crippen LogP contribution in [0.1, 0.15) is 12.8 Å². The van der Waals surface area contributed by atoms with Crippen molar-refractivity contribution in [1.82, 2.24) is 0 Å². The maximum atomic E-state index is 9.98. The number of methoxy groups -OCH3 is 1. The Morgan fingerprint density at radius 2 is 2.09 bits per heavy atom. The maximum absolute atomic E-state index is 9.98. The van der Waals surface area contributed by atoms with Crippen molar-refractivity contribution in [2.75, 3.05) is 26.9 Å². The van der Waals surface area contributed by atoms with Crippen LogP contribution in [-0.2, 0) is 14.3 Å². The minimum Gasteiger partial charge on any atom is -0.481 e. The summed E-state index contributed by atoms with van der Waals surface area (Å²) in [6, 6.07) is 0. The quantitative estimate of drug-likeness (QED) is 0.554. The maximum Gasteiger partial charge on any atom is 0.305 e. The van der Waals surface area contributed by atoms with Gasteiger partial charge in [0.05, 0.1) is 13.0 Å². The van der Waals surface area contributed by atoms with Gasteiger partial charge in [-0.25, -0.2) is 0 Å². The van der Waals surface area contributed by atoms with E-state index in [1.165, 1.54) is 0 Å². The van der Waals surface area contributed by atoms with Crippen LogP contribution in [-0.4, -0.2) is 38.0 Å². The van der Waals surface area contributed by atoms with Crippen molar-refractivity contribution in [3.8, 4) is 0 Å². The van der Waals surface area contributed by atoms with E-state index >= 15 is 0 Å². The van der Waals surface area contributed by atoms with E-state index < -0.39 is 5.97 Å². The minimum absolute atomic E-state index is 0.0764. The Morgan fingerprint density at radius 3 is 2.64 bits per heavy atom. The van der Waals surface area contributed by atoms with Crippen LogP contribution >= 0.6 is 0 Å². The number of hydrogen-bond acceptors (Lipinski definition) is 3. The number of aliphatic carboxylic acids is 1. The molecule has 0 saturated heterocycles. The van der Waals surface area contributed by atoms with Crippen LogP contribution in [0.5, 0.6) is 0 Å². The molecule has 0 rings (SSSR count). The molecular weight excluding hydrogens is 148 g/mol. The summed E-state index contributed by atoms with van der Waals surface area (Å²) in [4.78, 5) is 9.98. The van der Waals surface area contributed by atoms with E-state index in [1.54, 1.807) is 7.11 Å². The first-order valence-corrected chi connectivity index (χ1v) is 3.56. The van der Waals surface area contributed by atoms with E-state index in [4.69, 9.17) is 14.6 Å². The van der Waals surface area contributed by atoms with Gasteiger partial charge in [-0.2, -0.15) is 0 Å². The SMILES string of the molecule is COCCCOCCC(=O)O.